The van der Waals surface area contributed by atoms with Crippen molar-refractivity contribution in [3.8, 4) is 11.3 Å². The van der Waals surface area contributed by atoms with Crippen molar-refractivity contribution in [2.24, 2.45) is 7.05 Å². The van der Waals surface area contributed by atoms with E-state index in [1.165, 1.54) is 22.9 Å². The Balaban J connectivity index is 1.05. The predicted molar refractivity (Wildman–Crippen MR) is 179 cm³/mol. The van der Waals surface area contributed by atoms with E-state index in [-0.39, 0.29) is 17.2 Å². The third-order valence-corrected chi connectivity index (χ3v) is 10.2. The number of Topliss-reactive ketones (excluding diaryl/α,β-unsaturated/α-hetero) is 1. The molecule has 0 bridgehead atoms. The maximum atomic E-state index is 15.3. The number of ketones is 1. The quantitative estimate of drug-likeness (QED) is 0.391. The molecule has 2 aromatic heterocycles. The van der Waals surface area contributed by atoms with Crippen LogP contribution in [0.3, 0.4) is 0 Å². The minimum Gasteiger partial charge on any atom is -0.392 e. The fourth-order valence-corrected chi connectivity index (χ4v) is 7.47. The van der Waals surface area contributed by atoms with Gasteiger partial charge in [-0.15, -0.1) is 0 Å². The molecule has 48 heavy (non-hydrogen) atoms. The monoisotopic (exact) mass is 654 g/mol. The predicted octanol–water partition coefficient (Wildman–Crippen LogP) is 3.11. The summed E-state index contributed by atoms with van der Waals surface area (Å²) in [6.07, 6.45) is 8.77. The highest BCUT2D eigenvalue weighted by atomic mass is 19.1. The number of aryl methyl sites for hydroxylation is 1. The second-order valence-electron chi connectivity index (χ2n) is 13.1. The maximum Gasteiger partial charge on any atom is 0.293 e. The Hall–Kier alpha value is -4.59. The van der Waals surface area contributed by atoms with Crippen LogP contribution in [-0.4, -0.2) is 93.7 Å². The van der Waals surface area contributed by atoms with E-state index >= 15 is 4.39 Å². The topological polar surface area (TPSA) is 119 Å². The fraction of sp³-hybridized carbons (Fsp3) is 0.429. The number of aliphatic hydroxyl groups excluding tert-OH is 1. The SMILES string of the molecule is Cn1cc(-c2cc(F)cc(N3C=C4C(=O)C5=C(CCCC5)N4CC3)c2CO)nc(Nc2ccc(N3CCN(C4COC4)CC3)nc2)c1=O. The lowest BCUT2D eigenvalue weighted by Gasteiger charge is -2.42. The first-order chi connectivity index (χ1) is 23.4. The van der Waals surface area contributed by atoms with Crippen molar-refractivity contribution in [1.29, 1.82) is 0 Å². The zero-order valence-electron chi connectivity index (χ0n) is 27.0. The third-order valence-electron chi connectivity index (χ3n) is 10.2. The van der Waals surface area contributed by atoms with Crippen LogP contribution in [0.5, 0.6) is 0 Å². The number of piperazine rings is 1. The number of ether oxygens (including phenoxy) is 1. The molecule has 2 saturated heterocycles. The highest BCUT2D eigenvalue weighted by molar-refractivity contribution is 6.11. The third kappa shape index (κ3) is 5.45. The largest absolute Gasteiger partial charge is 0.392 e. The average molecular weight is 655 g/mol. The Morgan fingerprint density at radius 2 is 1.85 bits per heavy atom. The molecule has 5 aliphatic rings. The summed E-state index contributed by atoms with van der Waals surface area (Å²) in [5.41, 5.74) is 4.45. The number of rotatable bonds is 7. The lowest BCUT2D eigenvalue weighted by atomic mass is 9.96. The van der Waals surface area contributed by atoms with Gasteiger partial charge in [-0.25, -0.2) is 14.4 Å². The summed E-state index contributed by atoms with van der Waals surface area (Å²) in [4.78, 5) is 44.4. The van der Waals surface area contributed by atoms with Crippen LogP contribution in [0.1, 0.15) is 31.2 Å². The van der Waals surface area contributed by atoms with Gasteiger partial charge >= 0.3 is 0 Å². The van der Waals surface area contributed by atoms with E-state index in [1.54, 1.807) is 19.4 Å². The van der Waals surface area contributed by atoms with Crippen LogP contribution in [0.15, 0.2) is 64.6 Å². The average Bonchev–Trinajstić information content (AvgIpc) is 3.37. The molecule has 0 amide bonds. The zero-order valence-corrected chi connectivity index (χ0v) is 27.0. The Morgan fingerprint density at radius 3 is 2.58 bits per heavy atom. The number of halogens is 1. The van der Waals surface area contributed by atoms with Crippen LogP contribution in [0.2, 0.25) is 0 Å². The number of hydrogen-bond acceptors (Lipinski definition) is 11. The normalized spacial score (nSPS) is 20.1. The molecular weight excluding hydrogens is 615 g/mol. The summed E-state index contributed by atoms with van der Waals surface area (Å²) in [5.74, 6) is 0.446. The number of nitrogens with zero attached hydrogens (tertiary/aromatic N) is 7. The number of aromatic nitrogens is 3. The molecule has 2 fully saturated rings. The van der Waals surface area contributed by atoms with Gasteiger partial charge in [-0.05, 0) is 49.9 Å². The van der Waals surface area contributed by atoms with Gasteiger partial charge in [0.15, 0.2) is 5.82 Å². The number of aliphatic hydroxyl groups is 1. The summed E-state index contributed by atoms with van der Waals surface area (Å²) in [6, 6.07) is 7.02. The van der Waals surface area contributed by atoms with Gasteiger partial charge in [-0.1, -0.05) is 0 Å². The number of anilines is 4. The highest BCUT2D eigenvalue weighted by Gasteiger charge is 2.38. The molecule has 6 heterocycles. The molecular formula is C35H39FN8O4. The molecule has 0 radical (unpaired) electrons. The highest BCUT2D eigenvalue weighted by Crippen LogP contribution is 2.41. The van der Waals surface area contributed by atoms with Crippen LogP contribution < -0.4 is 20.7 Å². The van der Waals surface area contributed by atoms with E-state index in [1.807, 2.05) is 17.0 Å². The van der Waals surface area contributed by atoms with E-state index in [9.17, 15) is 14.7 Å². The van der Waals surface area contributed by atoms with Gasteiger partial charge in [0.1, 0.15) is 17.3 Å². The van der Waals surface area contributed by atoms with Gasteiger partial charge in [0.05, 0.1) is 43.4 Å². The molecule has 13 heteroatoms. The van der Waals surface area contributed by atoms with E-state index in [4.69, 9.17) is 4.74 Å². The summed E-state index contributed by atoms with van der Waals surface area (Å²) in [7, 11) is 1.61. The number of pyridine rings is 1. The number of carbonyl (C=O) groups is 1. The van der Waals surface area contributed by atoms with Crippen LogP contribution in [0.25, 0.3) is 11.3 Å². The van der Waals surface area contributed by atoms with Gasteiger partial charge in [0.25, 0.3) is 5.56 Å². The lowest BCUT2D eigenvalue weighted by Crippen LogP contribution is -2.56. The van der Waals surface area contributed by atoms with Crippen LogP contribution in [0.4, 0.5) is 27.4 Å². The van der Waals surface area contributed by atoms with Crippen molar-refractivity contribution in [2.45, 2.75) is 38.3 Å². The summed E-state index contributed by atoms with van der Waals surface area (Å²) in [6.45, 7) is 6.03. The lowest BCUT2D eigenvalue weighted by molar-refractivity contribution is -0.112. The van der Waals surface area contributed by atoms with Crippen LogP contribution >= 0.6 is 0 Å². The number of benzene rings is 1. The first-order valence-corrected chi connectivity index (χ1v) is 16.7. The zero-order chi connectivity index (χ0) is 32.9. The standard InChI is InChI=1S/C35H39FN8O4/c1-40-17-28(39-34(35(40)47)38-23-6-7-32(37-16-23)42-10-8-41(9-11-42)24-20-48-21-24)26-14-22(36)15-30(27(26)19-45)43-12-13-44-29-5-3-2-4-25(29)33(46)31(44)18-43/h6-7,14-18,24,45H,2-5,8-13,19-21H2,1H3,(H,38,39). The van der Waals surface area contributed by atoms with E-state index in [0.717, 1.165) is 82.2 Å². The summed E-state index contributed by atoms with van der Waals surface area (Å²) >= 11 is 0. The molecule has 0 unspecified atom stereocenters. The molecule has 8 rings (SSSR count). The Labute approximate surface area is 277 Å². The summed E-state index contributed by atoms with van der Waals surface area (Å²) < 4.78 is 22.1. The fourth-order valence-electron chi connectivity index (χ4n) is 7.47. The minimum atomic E-state index is -0.514. The van der Waals surface area contributed by atoms with Gasteiger partial charge in [-0.2, -0.15) is 0 Å². The van der Waals surface area contributed by atoms with Gasteiger partial charge in [0.2, 0.25) is 5.78 Å². The number of carbonyl (C=O) groups excluding carboxylic acids is 1. The number of nitrogens with one attached hydrogen (secondary N) is 1. The van der Waals surface area contributed by atoms with E-state index in [2.05, 4.69) is 30.0 Å². The van der Waals surface area contributed by atoms with Crippen molar-refractivity contribution in [2.75, 3.05) is 67.6 Å². The molecule has 0 saturated carbocycles. The molecule has 1 aliphatic carbocycles. The van der Waals surface area contributed by atoms with Crippen molar-refractivity contribution >= 4 is 28.8 Å². The molecule has 0 atom stereocenters. The molecule has 250 valence electrons. The number of hydrogen-bond donors (Lipinski definition) is 2. The Morgan fingerprint density at radius 1 is 1.04 bits per heavy atom. The Bertz CT molecular complexity index is 1880. The molecule has 12 nitrogen and oxygen atoms in total. The van der Waals surface area contributed by atoms with E-state index in [0.29, 0.717) is 53.0 Å². The molecule has 3 aromatic rings. The number of allylic oxidation sites excluding steroid dienone is 2. The molecule has 0 spiro atoms. The first kappa shape index (κ1) is 30.7. The second-order valence-corrected chi connectivity index (χ2v) is 13.1. The minimum absolute atomic E-state index is 0.0385. The first-order valence-electron chi connectivity index (χ1n) is 16.7. The van der Waals surface area contributed by atoms with E-state index < -0.39 is 12.4 Å². The Kier molecular flexibility index (Phi) is 7.97. The molecule has 1 aromatic carbocycles. The maximum absolute atomic E-state index is 15.3. The van der Waals surface area contributed by atoms with Crippen molar-refractivity contribution < 1.29 is 19.0 Å². The van der Waals surface area contributed by atoms with Crippen molar-refractivity contribution in [1.82, 2.24) is 24.3 Å². The van der Waals surface area contributed by atoms with Crippen molar-refractivity contribution in [3.63, 3.8) is 0 Å². The molecule has 2 N–H and O–H groups in total. The van der Waals surface area contributed by atoms with Crippen molar-refractivity contribution in [3.05, 3.63) is 81.6 Å². The van der Waals surface area contributed by atoms with Crippen LogP contribution in [-0.2, 0) is 23.2 Å². The van der Waals surface area contributed by atoms with Gasteiger partial charge in [0, 0.05) is 86.8 Å². The van der Waals surface area contributed by atoms with Crippen LogP contribution in [0, 0.1) is 5.82 Å². The van der Waals surface area contributed by atoms with Gasteiger partial charge in [-0.3, -0.25) is 14.5 Å². The van der Waals surface area contributed by atoms with Gasteiger partial charge < -0.3 is 34.4 Å². The summed E-state index contributed by atoms with van der Waals surface area (Å²) in [5, 5.41) is 13.7. The number of fused-ring (bicyclic) bond motifs is 2. The second kappa shape index (κ2) is 12.5. The smallest absolute Gasteiger partial charge is 0.293 e. The molecule has 4 aliphatic heterocycles.